The Labute approximate surface area is 195 Å². The van der Waals surface area contributed by atoms with E-state index in [0.29, 0.717) is 16.9 Å². The minimum Gasteiger partial charge on any atom is -0.497 e. The normalized spacial score (nSPS) is 21.7. The van der Waals surface area contributed by atoms with Gasteiger partial charge in [0.25, 0.3) is 11.8 Å². The molecule has 2 aromatic rings. The largest absolute Gasteiger partial charge is 0.497 e. The molecule has 4 rings (SSSR count). The van der Waals surface area contributed by atoms with Crippen molar-refractivity contribution < 1.29 is 28.6 Å². The van der Waals surface area contributed by atoms with Crippen LogP contribution in [0, 0.1) is 0 Å². The summed E-state index contributed by atoms with van der Waals surface area (Å²) in [7, 11) is 3.11. The highest BCUT2D eigenvalue weighted by atomic mass is 32.2. The fourth-order valence-electron chi connectivity index (χ4n) is 3.75. The first-order chi connectivity index (χ1) is 15.9. The number of thioether (sulfide) groups is 1. The van der Waals surface area contributed by atoms with Crippen LogP contribution in [0.3, 0.4) is 0 Å². The fourth-order valence-corrected chi connectivity index (χ4v) is 5.10. The van der Waals surface area contributed by atoms with Crippen LogP contribution in [0.15, 0.2) is 65.9 Å². The summed E-state index contributed by atoms with van der Waals surface area (Å²) in [6.45, 7) is 1.79. The van der Waals surface area contributed by atoms with E-state index >= 15 is 0 Å². The maximum absolute atomic E-state index is 13.0. The predicted octanol–water partition coefficient (Wildman–Crippen LogP) is 2.70. The molecule has 8 nitrogen and oxygen atoms in total. The van der Waals surface area contributed by atoms with Gasteiger partial charge in [-0.25, -0.2) is 4.79 Å². The molecule has 3 atom stereocenters. The Morgan fingerprint density at radius 1 is 1.06 bits per heavy atom. The summed E-state index contributed by atoms with van der Waals surface area (Å²) < 4.78 is 16.2. The smallest absolute Gasteiger partial charge is 0.355 e. The van der Waals surface area contributed by atoms with Crippen LogP contribution in [0.4, 0.5) is 0 Å². The molecule has 0 radical (unpaired) electrons. The molecule has 2 aliphatic heterocycles. The van der Waals surface area contributed by atoms with Crippen molar-refractivity contribution in [2.24, 2.45) is 0 Å². The van der Waals surface area contributed by atoms with Crippen LogP contribution in [-0.4, -0.2) is 53.8 Å². The van der Waals surface area contributed by atoms with Gasteiger partial charge in [0, 0.05) is 12.7 Å². The maximum atomic E-state index is 13.0. The Balaban J connectivity index is 1.48. The van der Waals surface area contributed by atoms with E-state index in [-0.39, 0.29) is 24.1 Å². The predicted molar refractivity (Wildman–Crippen MR) is 122 cm³/mol. The quantitative estimate of drug-likeness (QED) is 0.493. The number of hydrogen-bond acceptors (Lipinski definition) is 7. The summed E-state index contributed by atoms with van der Waals surface area (Å²) in [5.74, 6) is -0.620. The number of esters is 1. The topological polar surface area (TPSA) is 94.2 Å². The summed E-state index contributed by atoms with van der Waals surface area (Å²) in [5, 5.41) is 2.31. The van der Waals surface area contributed by atoms with Crippen LogP contribution >= 0.6 is 11.8 Å². The first-order valence-corrected chi connectivity index (χ1v) is 11.3. The number of ether oxygens (including phenoxy) is 3. The first kappa shape index (κ1) is 22.9. The number of amides is 2. The van der Waals surface area contributed by atoms with E-state index in [1.165, 1.54) is 23.8 Å². The summed E-state index contributed by atoms with van der Waals surface area (Å²) in [4.78, 5) is 39.9. The zero-order valence-electron chi connectivity index (χ0n) is 18.4. The molecule has 9 heteroatoms. The zero-order valence-corrected chi connectivity index (χ0v) is 19.3. The van der Waals surface area contributed by atoms with Crippen LogP contribution in [0.5, 0.6) is 5.75 Å². The lowest BCUT2D eigenvalue weighted by Gasteiger charge is -2.51. The Hall–Kier alpha value is -3.30. The number of fused-ring (bicyclic) bond motifs is 1. The van der Waals surface area contributed by atoms with Gasteiger partial charge >= 0.3 is 5.97 Å². The summed E-state index contributed by atoms with van der Waals surface area (Å²) in [6, 6.07) is 15.1. The number of nitrogens with one attached hydrogen (secondary N) is 1. The van der Waals surface area contributed by atoms with Crippen molar-refractivity contribution in [3.05, 3.63) is 77.0 Å². The number of β-lactam (4-membered cyclic amide) rings is 1. The molecular formula is C24H24N2O6S. The van der Waals surface area contributed by atoms with Crippen molar-refractivity contribution in [2.45, 2.75) is 30.4 Å². The third-order valence-corrected chi connectivity index (χ3v) is 7.09. The highest BCUT2D eigenvalue weighted by Gasteiger charge is 2.56. The number of rotatable bonds is 7. The molecule has 0 saturated carbocycles. The van der Waals surface area contributed by atoms with Gasteiger partial charge in [0.05, 0.1) is 7.11 Å². The molecule has 2 heterocycles. The van der Waals surface area contributed by atoms with E-state index in [1.807, 2.05) is 6.07 Å². The Kier molecular flexibility index (Phi) is 6.71. The van der Waals surface area contributed by atoms with Crippen molar-refractivity contribution in [3.63, 3.8) is 0 Å². The standard InChI is InChI=1S/C24H24N2O6S/c1-14-19(23(29)32-13-15-9-11-17(30-2)12-10-15)26-21(28)18(22(26)33-24(14)31-3)25-20(27)16-7-5-4-6-8-16/h4-12,18,22,24H,13H2,1-3H3,(H,25,27)/t18-,22+,24-/m0/s1. The molecule has 1 saturated heterocycles. The molecule has 172 valence electrons. The molecule has 0 aliphatic carbocycles. The number of hydrogen-bond donors (Lipinski definition) is 1. The van der Waals surface area contributed by atoms with Gasteiger partial charge in [-0.3, -0.25) is 14.5 Å². The Morgan fingerprint density at radius 3 is 2.39 bits per heavy atom. The highest BCUT2D eigenvalue weighted by molar-refractivity contribution is 8.00. The van der Waals surface area contributed by atoms with Crippen LogP contribution in [0.25, 0.3) is 0 Å². The SMILES string of the molecule is COc1ccc(COC(=O)C2=C(C)[C@@H](OC)S[C@@H]3[C@@H](NC(=O)c4ccccc4)C(=O)N23)cc1. The minimum atomic E-state index is -0.766. The number of nitrogens with zero attached hydrogens (tertiary/aromatic N) is 1. The van der Waals surface area contributed by atoms with E-state index in [4.69, 9.17) is 14.2 Å². The van der Waals surface area contributed by atoms with Gasteiger partial charge in [-0.15, -0.1) is 0 Å². The van der Waals surface area contributed by atoms with Crippen LogP contribution in [-0.2, 0) is 25.7 Å². The van der Waals surface area contributed by atoms with Crippen molar-refractivity contribution in [3.8, 4) is 5.75 Å². The van der Waals surface area contributed by atoms with Gasteiger partial charge in [-0.1, -0.05) is 42.1 Å². The van der Waals surface area contributed by atoms with Crippen molar-refractivity contribution in [2.75, 3.05) is 14.2 Å². The molecular weight excluding hydrogens is 444 g/mol. The van der Waals surface area contributed by atoms with Crippen LogP contribution in [0.1, 0.15) is 22.8 Å². The van der Waals surface area contributed by atoms with E-state index in [9.17, 15) is 14.4 Å². The Bertz CT molecular complexity index is 1090. The molecule has 0 spiro atoms. The summed E-state index contributed by atoms with van der Waals surface area (Å²) in [6.07, 6.45) is 0. The van der Waals surface area contributed by atoms with E-state index in [1.54, 1.807) is 62.6 Å². The molecule has 0 bridgehead atoms. The second kappa shape index (κ2) is 9.68. The third kappa shape index (κ3) is 4.46. The van der Waals surface area contributed by atoms with Gasteiger partial charge in [0.15, 0.2) is 0 Å². The van der Waals surface area contributed by atoms with Gasteiger partial charge in [0.2, 0.25) is 0 Å². The van der Waals surface area contributed by atoms with Gasteiger partial charge in [0.1, 0.15) is 34.9 Å². The average Bonchev–Trinajstić information content (AvgIpc) is 2.86. The fraction of sp³-hybridized carbons (Fsp3) is 0.292. The molecule has 1 fully saturated rings. The minimum absolute atomic E-state index is 0.0469. The molecule has 2 aliphatic rings. The van der Waals surface area contributed by atoms with Crippen molar-refractivity contribution in [1.29, 1.82) is 0 Å². The monoisotopic (exact) mass is 468 g/mol. The molecule has 2 aromatic carbocycles. The van der Waals surface area contributed by atoms with Gasteiger partial charge in [-0.05, 0) is 42.3 Å². The molecule has 0 unspecified atom stereocenters. The molecule has 1 N–H and O–H groups in total. The third-order valence-electron chi connectivity index (χ3n) is 5.53. The Morgan fingerprint density at radius 2 is 1.76 bits per heavy atom. The molecule has 0 aromatic heterocycles. The summed E-state index contributed by atoms with van der Waals surface area (Å²) >= 11 is 1.37. The highest BCUT2D eigenvalue weighted by Crippen LogP contribution is 2.44. The van der Waals surface area contributed by atoms with Gasteiger partial charge < -0.3 is 19.5 Å². The lowest BCUT2D eigenvalue weighted by molar-refractivity contribution is -0.152. The van der Waals surface area contributed by atoms with Gasteiger partial charge in [-0.2, -0.15) is 0 Å². The van der Waals surface area contributed by atoms with E-state index in [2.05, 4.69) is 5.32 Å². The van der Waals surface area contributed by atoms with Crippen molar-refractivity contribution >= 4 is 29.5 Å². The van der Waals surface area contributed by atoms with Crippen LogP contribution in [0.2, 0.25) is 0 Å². The number of methoxy groups -OCH3 is 2. The zero-order chi connectivity index (χ0) is 23.5. The second-order valence-corrected chi connectivity index (χ2v) is 8.76. The summed E-state index contributed by atoms with van der Waals surface area (Å²) in [5.41, 5.74) is 1.56. The average molecular weight is 469 g/mol. The van der Waals surface area contributed by atoms with E-state index < -0.39 is 22.8 Å². The second-order valence-electron chi connectivity index (χ2n) is 7.58. The van der Waals surface area contributed by atoms with Crippen molar-refractivity contribution in [1.82, 2.24) is 10.2 Å². The number of benzene rings is 2. The number of carbonyl (C=O) groups is 3. The van der Waals surface area contributed by atoms with E-state index in [0.717, 1.165) is 5.56 Å². The van der Waals surface area contributed by atoms with Crippen LogP contribution < -0.4 is 10.1 Å². The number of carbonyl (C=O) groups excluding carboxylic acids is 3. The lowest BCUT2D eigenvalue weighted by Crippen LogP contribution is -2.71. The maximum Gasteiger partial charge on any atom is 0.355 e. The first-order valence-electron chi connectivity index (χ1n) is 10.3. The lowest BCUT2D eigenvalue weighted by atomic mass is 10.0. The molecule has 2 amide bonds. The molecule has 33 heavy (non-hydrogen) atoms.